The minimum atomic E-state index is -4.70. The maximum atomic E-state index is 13.6. The molecular weight excluding hydrogens is 1010 g/mol. The largest absolute Gasteiger partial charge is 0.756 e. The van der Waals surface area contributed by atoms with Gasteiger partial charge in [-0.2, -0.15) is 0 Å². The van der Waals surface area contributed by atoms with E-state index < -0.39 is 20.0 Å². The number of ether oxygens (including phenoxy) is 1. The van der Waals surface area contributed by atoms with E-state index in [1.54, 1.807) is 0 Å². The van der Waals surface area contributed by atoms with Crippen molar-refractivity contribution in [2.24, 2.45) is 0 Å². The number of hydrogen-bond acceptors (Lipinski definition) is 7. The zero-order chi connectivity index (χ0) is 58.6. The van der Waals surface area contributed by atoms with E-state index in [1.165, 1.54) is 250 Å². The molecule has 0 radical (unpaired) electrons. The van der Waals surface area contributed by atoms with Crippen LogP contribution >= 0.6 is 7.82 Å². The number of carbonyl (C=O) groups is 2. The lowest BCUT2D eigenvalue weighted by Crippen LogP contribution is -2.47. The Kier molecular flexibility index (Phi) is 59.0. The van der Waals surface area contributed by atoms with Crippen LogP contribution in [0.4, 0.5) is 0 Å². The topological polar surface area (TPSA) is 114 Å². The van der Waals surface area contributed by atoms with E-state index in [0.717, 1.165) is 64.2 Å². The second-order valence-electron chi connectivity index (χ2n) is 25.0. The van der Waals surface area contributed by atoms with Gasteiger partial charge in [-0.3, -0.25) is 14.2 Å². The molecule has 3 unspecified atom stereocenters. The van der Waals surface area contributed by atoms with Crippen molar-refractivity contribution < 1.29 is 37.3 Å². The zero-order valence-electron chi connectivity index (χ0n) is 54.1. The van der Waals surface area contributed by atoms with Gasteiger partial charge in [-0.25, -0.2) is 0 Å². The van der Waals surface area contributed by atoms with E-state index >= 15 is 0 Å². The molecule has 0 aromatic rings. The standard InChI is InChI=1S/C70H135N2O7P/c1-7-10-13-16-19-22-25-28-30-32-34-35-36-37-39-40-42-44-47-50-53-56-59-62-69(73)71-67(66-78-80(75,76)77-65-64-72(4,5)6)68(61-58-55-52-49-46-27-24-21-18-15-12-9-3)79-70(74)63-60-57-54-51-48-45-43-41-38-33-31-29-26-23-20-17-14-11-8-2/h20,23,29,31,58,61,67-68H,7-19,21-22,24-28,30,32-57,59-60,62-66H2,1-6H3,(H-,71,73,75,76)/b23-20-,31-29-,61-58+. The molecule has 0 spiro atoms. The Labute approximate surface area is 497 Å². The van der Waals surface area contributed by atoms with Crippen LogP contribution < -0.4 is 10.2 Å². The Balaban J connectivity index is 5.07. The quantitative estimate of drug-likeness (QED) is 0.0212. The molecule has 3 atom stereocenters. The third kappa shape index (κ3) is 60.8. The van der Waals surface area contributed by atoms with Gasteiger partial charge in [0.1, 0.15) is 19.3 Å². The van der Waals surface area contributed by atoms with E-state index in [0.29, 0.717) is 17.4 Å². The fourth-order valence-electron chi connectivity index (χ4n) is 10.4. The second kappa shape index (κ2) is 60.4. The average Bonchev–Trinajstić information content (AvgIpc) is 3.43. The summed E-state index contributed by atoms with van der Waals surface area (Å²) >= 11 is 0. The predicted molar refractivity (Wildman–Crippen MR) is 344 cm³/mol. The molecule has 0 fully saturated rings. The van der Waals surface area contributed by atoms with Gasteiger partial charge in [-0.15, -0.1) is 0 Å². The molecule has 472 valence electrons. The number of amides is 1. The molecule has 0 aliphatic heterocycles. The monoisotopic (exact) mass is 1150 g/mol. The number of carbonyl (C=O) groups excluding carboxylic acids is 2. The summed E-state index contributed by atoms with van der Waals surface area (Å²) in [4.78, 5) is 40.1. The van der Waals surface area contributed by atoms with Crippen LogP contribution in [0, 0.1) is 0 Å². The van der Waals surface area contributed by atoms with Crippen LogP contribution in [0.5, 0.6) is 0 Å². The van der Waals surface area contributed by atoms with E-state index in [1.807, 2.05) is 33.3 Å². The minimum Gasteiger partial charge on any atom is -0.756 e. The fraction of sp³-hybridized carbons (Fsp3) is 0.886. The lowest BCUT2D eigenvalue weighted by molar-refractivity contribution is -0.870. The van der Waals surface area contributed by atoms with Crippen LogP contribution in [-0.4, -0.2) is 69.4 Å². The number of phosphoric acid groups is 1. The van der Waals surface area contributed by atoms with Gasteiger partial charge in [-0.1, -0.05) is 308 Å². The molecule has 1 N–H and O–H groups in total. The van der Waals surface area contributed by atoms with E-state index in [-0.39, 0.29) is 31.5 Å². The number of unbranched alkanes of at least 4 members (excludes halogenated alkanes) is 44. The second-order valence-corrected chi connectivity index (χ2v) is 26.5. The molecule has 9 nitrogen and oxygen atoms in total. The van der Waals surface area contributed by atoms with Crippen molar-refractivity contribution in [3.05, 3.63) is 36.5 Å². The van der Waals surface area contributed by atoms with Gasteiger partial charge >= 0.3 is 5.97 Å². The smallest absolute Gasteiger partial charge is 0.306 e. The number of allylic oxidation sites excluding steroid dienone is 5. The molecule has 0 heterocycles. The van der Waals surface area contributed by atoms with Crippen LogP contribution in [0.1, 0.15) is 348 Å². The highest BCUT2D eigenvalue weighted by atomic mass is 31.2. The molecule has 0 aromatic carbocycles. The summed E-state index contributed by atoms with van der Waals surface area (Å²) in [5.74, 6) is -0.527. The number of hydrogen-bond donors (Lipinski definition) is 1. The molecule has 0 rings (SSSR count). The van der Waals surface area contributed by atoms with E-state index in [4.69, 9.17) is 13.8 Å². The lowest BCUT2D eigenvalue weighted by atomic mass is 10.0. The Morgan fingerprint density at radius 2 is 0.762 bits per heavy atom. The van der Waals surface area contributed by atoms with Gasteiger partial charge in [0.05, 0.1) is 33.8 Å². The highest BCUT2D eigenvalue weighted by Crippen LogP contribution is 2.38. The van der Waals surface area contributed by atoms with Gasteiger partial charge in [0.15, 0.2) is 0 Å². The van der Waals surface area contributed by atoms with Crippen LogP contribution in [0.25, 0.3) is 0 Å². The van der Waals surface area contributed by atoms with Crippen LogP contribution in [-0.2, 0) is 27.9 Å². The highest BCUT2D eigenvalue weighted by Gasteiger charge is 2.27. The number of esters is 1. The van der Waals surface area contributed by atoms with Crippen molar-refractivity contribution in [1.82, 2.24) is 5.32 Å². The number of phosphoric ester groups is 1. The number of quaternary nitrogens is 1. The van der Waals surface area contributed by atoms with Crippen molar-refractivity contribution in [3.63, 3.8) is 0 Å². The maximum absolute atomic E-state index is 13.6. The van der Waals surface area contributed by atoms with Gasteiger partial charge in [0.2, 0.25) is 5.91 Å². The predicted octanol–water partition coefficient (Wildman–Crippen LogP) is 21.2. The molecule has 0 bridgehead atoms. The van der Waals surface area contributed by atoms with Crippen molar-refractivity contribution >= 4 is 19.7 Å². The van der Waals surface area contributed by atoms with Gasteiger partial charge in [0.25, 0.3) is 7.82 Å². The first-order valence-electron chi connectivity index (χ1n) is 34.8. The zero-order valence-corrected chi connectivity index (χ0v) is 54.9. The summed E-state index contributed by atoms with van der Waals surface area (Å²) in [6.45, 7) is 6.87. The molecular formula is C70H135N2O7P. The lowest BCUT2D eigenvalue weighted by Gasteiger charge is -2.30. The van der Waals surface area contributed by atoms with E-state index in [9.17, 15) is 19.0 Å². The van der Waals surface area contributed by atoms with Crippen molar-refractivity contribution in [2.75, 3.05) is 40.9 Å². The van der Waals surface area contributed by atoms with Crippen LogP contribution in [0.2, 0.25) is 0 Å². The maximum Gasteiger partial charge on any atom is 0.306 e. The molecule has 1 amide bonds. The summed E-state index contributed by atoms with van der Waals surface area (Å²) in [6, 6.07) is -0.887. The Hall–Kier alpha value is -1.77. The number of nitrogens with zero attached hydrogens (tertiary/aromatic N) is 1. The first kappa shape index (κ1) is 78.2. The molecule has 0 aliphatic carbocycles. The molecule has 0 aliphatic rings. The summed E-state index contributed by atoms with van der Waals surface area (Å²) < 4.78 is 30.4. The van der Waals surface area contributed by atoms with Crippen molar-refractivity contribution in [2.45, 2.75) is 360 Å². The molecule has 0 saturated carbocycles. The Bertz CT molecular complexity index is 1460. The first-order chi connectivity index (χ1) is 38.9. The van der Waals surface area contributed by atoms with E-state index in [2.05, 4.69) is 50.4 Å². The molecule has 0 aromatic heterocycles. The number of rotatable bonds is 64. The summed E-state index contributed by atoms with van der Waals surface area (Å²) in [5, 5.41) is 3.05. The molecule has 10 heteroatoms. The van der Waals surface area contributed by atoms with Crippen LogP contribution in [0.15, 0.2) is 36.5 Å². The highest BCUT2D eigenvalue weighted by molar-refractivity contribution is 7.45. The van der Waals surface area contributed by atoms with Crippen molar-refractivity contribution in [3.8, 4) is 0 Å². The van der Waals surface area contributed by atoms with Crippen LogP contribution in [0.3, 0.4) is 0 Å². The third-order valence-electron chi connectivity index (χ3n) is 15.8. The number of likely N-dealkylation sites (N-methyl/N-ethyl adjacent to an activating group) is 1. The SMILES string of the molecule is CCCCC/C=C\C/C=C\CCCCCCCCCCCC(=O)OC(/C=C/CCCCCCCCCCCC)C(COP(=O)([O-])OCC[N+](C)(C)C)NC(=O)CCCCCCCCCCCCCCCCCCCCCCCCC. The van der Waals surface area contributed by atoms with Crippen molar-refractivity contribution in [1.29, 1.82) is 0 Å². The third-order valence-corrected chi connectivity index (χ3v) is 16.8. The Morgan fingerprint density at radius 1 is 0.438 bits per heavy atom. The fourth-order valence-corrected chi connectivity index (χ4v) is 11.2. The van der Waals surface area contributed by atoms with Gasteiger partial charge < -0.3 is 28.5 Å². The summed E-state index contributed by atoms with van der Waals surface area (Å²) in [5.41, 5.74) is 0. The minimum absolute atomic E-state index is 0.0202. The normalized spacial score (nSPS) is 13.7. The first-order valence-corrected chi connectivity index (χ1v) is 36.3. The summed E-state index contributed by atoms with van der Waals surface area (Å²) in [7, 11) is 1.20. The summed E-state index contributed by atoms with van der Waals surface area (Å²) in [6.07, 6.45) is 74.0. The number of nitrogens with one attached hydrogen (secondary N) is 1. The molecule has 0 saturated heterocycles. The van der Waals surface area contributed by atoms with Gasteiger partial charge in [-0.05, 0) is 63.9 Å². The van der Waals surface area contributed by atoms with Gasteiger partial charge in [0, 0.05) is 12.8 Å². The molecule has 80 heavy (non-hydrogen) atoms. The Morgan fingerprint density at radius 3 is 1.15 bits per heavy atom. The average molecular weight is 1150 g/mol.